The molecule has 1 amide bonds. The number of rotatable bonds is 5. The van der Waals surface area contributed by atoms with Crippen molar-refractivity contribution >= 4 is 5.91 Å². The molecule has 0 aliphatic carbocycles. The maximum Gasteiger partial charge on any atom is 0.274 e. The lowest BCUT2D eigenvalue weighted by Crippen LogP contribution is -2.35. The zero-order chi connectivity index (χ0) is 18.0. The largest absolute Gasteiger partial charge is 0.447 e. The molecule has 8 heteroatoms. The van der Waals surface area contributed by atoms with Gasteiger partial charge < -0.3 is 19.6 Å². The van der Waals surface area contributed by atoms with Crippen LogP contribution in [0.2, 0.25) is 0 Å². The molecule has 8 nitrogen and oxygen atoms in total. The van der Waals surface area contributed by atoms with Crippen LogP contribution in [0.4, 0.5) is 0 Å². The zero-order valence-corrected chi connectivity index (χ0v) is 15.2. The predicted octanol–water partition coefficient (Wildman–Crippen LogP) is 1.66. The van der Waals surface area contributed by atoms with E-state index < -0.39 is 0 Å². The van der Waals surface area contributed by atoms with Gasteiger partial charge in [0.15, 0.2) is 17.9 Å². The molecule has 136 valence electrons. The van der Waals surface area contributed by atoms with Crippen molar-refractivity contribution in [2.24, 2.45) is 5.92 Å². The van der Waals surface area contributed by atoms with Crippen LogP contribution in [0.15, 0.2) is 10.8 Å². The summed E-state index contributed by atoms with van der Waals surface area (Å²) >= 11 is 0. The summed E-state index contributed by atoms with van der Waals surface area (Å²) in [6.45, 7) is 10.6. The maximum atomic E-state index is 12.8. The number of carbonyl (C=O) groups is 1. The molecule has 3 rings (SSSR count). The number of aromatic nitrogens is 4. The van der Waals surface area contributed by atoms with E-state index in [4.69, 9.17) is 4.42 Å². The zero-order valence-electron chi connectivity index (χ0n) is 15.2. The number of amides is 1. The van der Waals surface area contributed by atoms with Crippen molar-refractivity contribution in [2.45, 2.75) is 52.6 Å². The third-order valence-electron chi connectivity index (χ3n) is 4.46. The molecule has 1 atom stereocenters. The molecule has 0 bridgehead atoms. The van der Waals surface area contributed by atoms with Gasteiger partial charge in [-0.15, -0.1) is 10.2 Å². The number of nitrogens with zero attached hydrogens (tertiary/aromatic N) is 4. The Balaban J connectivity index is 1.86. The average molecular weight is 346 g/mol. The van der Waals surface area contributed by atoms with Gasteiger partial charge in [0, 0.05) is 32.0 Å². The van der Waals surface area contributed by atoms with Gasteiger partial charge in [0.2, 0.25) is 0 Å². The molecule has 2 aromatic rings. The summed E-state index contributed by atoms with van der Waals surface area (Å²) in [5, 5.41) is 15.1. The molecule has 3 heterocycles. The van der Waals surface area contributed by atoms with Crippen molar-refractivity contribution in [1.29, 1.82) is 0 Å². The third kappa shape index (κ3) is 3.58. The van der Waals surface area contributed by atoms with Crippen LogP contribution in [0.3, 0.4) is 0 Å². The van der Waals surface area contributed by atoms with Gasteiger partial charge in [-0.3, -0.25) is 4.79 Å². The van der Waals surface area contributed by atoms with E-state index in [0.717, 1.165) is 37.7 Å². The van der Waals surface area contributed by atoms with Gasteiger partial charge in [0.05, 0.1) is 6.04 Å². The lowest BCUT2D eigenvalue weighted by Gasteiger charge is -2.22. The number of fused-ring (bicyclic) bond motifs is 1. The van der Waals surface area contributed by atoms with E-state index in [1.165, 1.54) is 6.39 Å². The Bertz CT molecular complexity index is 733. The quantitative estimate of drug-likeness (QED) is 0.854. The predicted molar refractivity (Wildman–Crippen MR) is 92.2 cm³/mol. The number of nitrogens with one attached hydrogen (secondary N) is 2. The number of carbonyl (C=O) groups excluding carboxylic acids is 1. The second-order valence-corrected chi connectivity index (χ2v) is 7.04. The average Bonchev–Trinajstić information content (AvgIpc) is 3.14. The number of hydrogen-bond acceptors (Lipinski definition) is 6. The Morgan fingerprint density at radius 1 is 1.28 bits per heavy atom. The maximum absolute atomic E-state index is 12.8. The van der Waals surface area contributed by atoms with Crippen molar-refractivity contribution in [3.8, 4) is 0 Å². The molecule has 0 saturated heterocycles. The fourth-order valence-electron chi connectivity index (χ4n) is 3.10. The van der Waals surface area contributed by atoms with Gasteiger partial charge >= 0.3 is 0 Å². The molecule has 0 radical (unpaired) electrons. The number of hydrogen-bond donors (Lipinski definition) is 2. The monoisotopic (exact) mass is 346 g/mol. The Morgan fingerprint density at radius 2 is 2.08 bits per heavy atom. The van der Waals surface area contributed by atoms with Crippen LogP contribution in [-0.4, -0.2) is 38.7 Å². The van der Waals surface area contributed by atoms with Crippen molar-refractivity contribution in [1.82, 2.24) is 30.4 Å². The molecular formula is C17H26N6O2. The van der Waals surface area contributed by atoms with Gasteiger partial charge in [-0.25, -0.2) is 4.98 Å². The first-order valence-corrected chi connectivity index (χ1v) is 8.86. The third-order valence-corrected chi connectivity index (χ3v) is 4.46. The van der Waals surface area contributed by atoms with Gasteiger partial charge in [0.25, 0.3) is 5.91 Å². The van der Waals surface area contributed by atoms with E-state index in [0.29, 0.717) is 11.5 Å². The summed E-state index contributed by atoms with van der Waals surface area (Å²) in [4.78, 5) is 16.9. The van der Waals surface area contributed by atoms with Gasteiger partial charge in [-0.2, -0.15) is 0 Å². The van der Waals surface area contributed by atoms with Crippen LogP contribution in [0.25, 0.3) is 0 Å². The molecule has 0 aromatic carbocycles. The SMILES string of the molecule is CC(C)c1ocnc1C(=O)NC(c1nnc2n1CCNCC2)C(C)C. The topological polar surface area (TPSA) is 97.9 Å². The normalized spacial score (nSPS) is 15.9. The smallest absolute Gasteiger partial charge is 0.274 e. The van der Waals surface area contributed by atoms with Crippen LogP contribution < -0.4 is 10.6 Å². The second kappa shape index (κ2) is 7.35. The second-order valence-electron chi connectivity index (χ2n) is 7.04. The van der Waals surface area contributed by atoms with Crippen molar-refractivity contribution in [3.63, 3.8) is 0 Å². The fourth-order valence-corrected chi connectivity index (χ4v) is 3.10. The Hall–Kier alpha value is -2.22. The van der Waals surface area contributed by atoms with Gasteiger partial charge in [-0.1, -0.05) is 27.7 Å². The first-order valence-electron chi connectivity index (χ1n) is 8.86. The van der Waals surface area contributed by atoms with E-state index in [2.05, 4.69) is 44.2 Å². The molecule has 2 N–H and O–H groups in total. The summed E-state index contributed by atoms with van der Waals surface area (Å²) in [6, 6.07) is -0.233. The summed E-state index contributed by atoms with van der Waals surface area (Å²) in [6.07, 6.45) is 2.16. The Morgan fingerprint density at radius 3 is 2.80 bits per heavy atom. The van der Waals surface area contributed by atoms with E-state index >= 15 is 0 Å². The molecular weight excluding hydrogens is 320 g/mol. The summed E-state index contributed by atoms with van der Waals surface area (Å²) in [5.41, 5.74) is 0.345. The number of oxazole rings is 1. The van der Waals surface area contributed by atoms with Crippen LogP contribution in [-0.2, 0) is 13.0 Å². The molecule has 1 unspecified atom stereocenters. The van der Waals surface area contributed by atoms with Gasteiger partial charge in [0.1, 0.15) is 11.6 Å². The van der Waals surface area contributed by atoms with Crippen molar-refractivity contribution < 1.29 is 9.21 Å². The first kappa shape index (κ1) is 17.6. The molecule has 0 fully saturated rings. The van der Waals surface area contributed by atoms with Crippen LogP contribution in [0.1, 0.15) is 67.6 Å². The summed E-state index contributed by atoms with van der Waals surface area (Å²) in [7, 11) is 0. The minimum atomic E-state index is -0.236. The van der Waals surface area contributed by atoms with E-state index in [1.54, 1.807) is 0 Å². The minimum Gasteiger partial charge on any atom is -0.447 e. The highest BCUT2D eigenvalue weighted by molar-refractivity contribution is 5.93. The molecule has 1 aliphatic heterocycles. The molecule has 25 heavy (non-hydrogen) atoms. The van der Waals surface area contributed by atoms with Crippen molar-refractivity contribution in [3.05, 3.63) is 29.5 Å². The summed E-state index contributed by atoms with van der Waals surface area (Å²) in [5.74, 6) is 2.39. The molecule has 2 aromatic heterocycles. The van der Waals surface area contributed by atoms with E-state index in [-0.39, 0.29) is 23.8 Å². The van der Waals surface area contributed by atoms with E-state index in [9.17, 15) is 4.79 Å². The standard InChI is InChI=1S/C17H26N6O2/c1-10(2)13(16-22-21-12-5-6-18-7-8-23(12)16)20-17(24)14-15(11(3)4)25-9-19-14/h9-11,13,18H,5-8H2,1-4H3,(H,20,24). The van der Waals surface area contributed by atoms with Crippen LogP contribution >= 0.6 is 0 Å². The van der Waals surface area contributed by atoms with E-state index in [1.807, 2.05) is 13.8 Å². The summed E-state index contributed by atoms with van der Waals surface area (Å²) < 4.78 is 7.50. The van der Waals surface area contributed by atoms with Crippen LogP contribution in [0.5, 0.6) is 0 Å². The minimum absolute atomic E-state index is 0.0937. The van der Waals surface area contributed by atoms with Gasteiger partial charge in [-0.05, 0) is 5.92 Å². The first-order chi connectivity index (χ1) is 12.0. The highest BCUT2D eigenvalue weighted by Gasteiger charge is 2.29. The highest BCUT2D eigenvalue weighted by Crippen LogP contribution is 2.24. The molecule has 0 saturated carbocycles. The van der Waals surface area contributed by atoms with Crippen LogP contribution in [0, 0.1) is 5.92 Å². The molecule has 0 spiro atoms. The molecule has 1 aliphatic rings. The highest BCUT2D eigenvalue weighted by atomic mass is 16.3. The Kier molecular flexibility index (Phi) is 5.17. The van der Waals surface area contributed by atoms with Crippen molar-refractivity contribution in [2.75, 3.05) is 13.1 Å². The lowest BCUT2D eigenvalue weighted by molar-refractivity contribution is 0.0915. The Labute approximate surface area is 147 Å². The lowest BCUT2D eigenvalue weighted by atomic mass is 10.0. The fraction of sp³-hybridized carbons (Fsp3) is 0.647.